The average molecular weight is 416 g/mol. The van der Waals surface area contributed by atoms with E-state index < -0.39 is 0 Å². The van der Waals surface area contributed by atoms with E-state index in [0.29, 0.717) is 11.2 Å². The molecular formula is C24H24N4O3. The molecule has 4 aromatic rings. The quantitative estimate of drug-likeness (QED) is 0.507. The van der Waals surface area contributed by atoms with Crippen LogP contribution in [0.25, 0.3) is 22.4 Å². The fourth-order valence-corrected chi connectivity index (χ4v) is 3.37. The smallest absolute Gasteiger partial charge is 0.299 e. The monoisotopic (exact) mass is 416 g/mol. The highest BCUT2D eigenvalue weighted by molar-refractivity contribution is 5.91. The van der Waals surface area contributed by atoms with Crippen molar-refractivity contribution >= 4 is 22.7 Å². The molecule has 0 aliphatic carbocycles. The van der Waals surface area contributed by atoms with Gasteiger partial charge in [0.15, 0.2) is 0 Å². The SMILES string of the molecule is CCc1ccc(-c2noc3c(=O)n(CCC(=O)Nc4ccc(C)c(C)c4)cnc23)cc1. The Morgan fingerprint density at radius 3 is 2.58 bits per heavy atom. The van der Waals surface area contributed by atoms with Crippen LogP contribution in [0.3, 0.4) is 0 Å². The molecule has 0 atom stereocenters. The number of hydrogen-bond donors (Lipinski definition) is 1. The molecule has 31 heavy (non-hydrogen) atoms. The molecule has 1 N–H and O–H groups in total. The number of rotatable bonds is 6. The summed E-state index contributed by atoms with van der Waals surface area (Å²) in [7, 11) is 0. The normalized spacial score (nSPS) is 11.1. The molecule has 0 radical (unpaired) electrons. The molecule has 4 rings (SSSR count). The molecule has 158 valence electrons. The van der Waals surface area contributed by atoms with Crippen molar-refractivity contribution in [2.75, 3.05) is 5.32 Å². The van der Waals surface area contributed by atoms with Crippen LogP contribution in [0.5, 0.6) is 0 Å². The first-order chi connectivity index (χ1) is 15.0. The molecule has 0 saturated carbocycles. The fraction of sp³-hybridized carbons (Fsp3) is 0.250. The summed E-state index contributed by atoms with van der Waals surface area (Å²) in [6.07, 6.45) is 2.52. The molecule has 0 fully saturated rings. The first-order valence-electron chi connectivity index (χ1n) is 10.3. The Labute approximate surface area is 179 Å². The Kier molecular flexibility index (Phi) is 5.66. The number of aromatic nitrogens is 3. The van der Waals surface area contributed by atoms with E-state index in [1.54, 1.807) is 0 Å². The molecule has 2 aromatic heterocycles. The number of benzene rings is 2. The Morgan fingerprint density at radius 2 is 1.87 bits per heavy atom. The second-order valence-corrected chi connectivity index (χ2v) is 7.60. The second kappa shape index (κ2) is 8.55. The Balaban J connectivity index is 1.49. The van der Waals surface area contributed by atoms with Gasteiger partial charge in [0.1, 0.15) is 11.2 Å². The van der Waals surface area contributed by atoms with Crippen molar-refractivity contribution in [2.24, 2.45) is 0 Å². The zero-order valence-electron chi connectivity index (χ0n) is 17.8. The van der Waals surface area contributed by atoms with Gasteiger partial charge in [-0.25, -0.2) is 4.98 Å². The van der Waals surface area contributed by atoms with Crippen LogP contribution in [0.4, 0.5) is 5.69 Å². The number of nitrogens with zero attached hydrogens (tertiary/aromatic N) is 3. The van der Waals surface area contributed by atoms with Crippen LogP contribution in [0.2, 0.25) is 0 Å². The standard InChI is InChI=1S/C24H24N4O3/c1-4-17-6-8-18(9-7-17)21-22-23(31-27-21)24(30)28(14-25-22)12-11-20(29)26-19-10-5-15(2)16(3)13-19/h5-10,13-14H,4,11-12H2,1-3H3,(H,26,29). The number of nitrogens with one attached hydrogen (secondary N) is 1. The predicted octanol–water partition coefficient (Wildman–Crippen LogP) is 4.26. The van der Waals surface area contributed by atoms with Crippen LogP contribution in [-0.4, -0.2) is 20.6 Å². The van der Waals surface area contributed by atoms with Gasteiger partial charge in [-0.15, -0.1) is 0 Å². The molecule has 0 aliphatic rings. The van der Waals surface area contributed by atoms with Gasteiger partial charge in [-0.3, -0.25) is 14.2 Å². The van der Waals surface area contributed by atoms with Crippen molar-refractivity contribution in [1.82, 2.24) is 14.7 Å². The minimum absolute atomic E-state index is 0.0895. The van der Waals surface area contributed by atoms with Crippen molar-refractivity contribution in [2.45, 2.75) is 40.2 Å². The highest BCUT2D eigenvalue weighted by Gasteiger charge is 2.17. The number of hydrogen-bond acceptors (Lipinski definition) is 5. The van der Waals surface area contributed by atoms with Gasteiger partial charge in [0, 0.05) is 24.2 Å². The summed E-state index contributed by atoms with van der Waals surface area (Å²) in [4.78, 5) is 29.5. The molecule has 0 spiro atoms. The number of anilines is 1. The lowest BCUT2D eigenvalue weighted by molar-refractivity contribution is -0.116. The summed E-state index contributed by atoms with van der Waals surface area (Å²) in [6, 6.07) is 13.7. The number of carbonyl (C=O) groups is 1. The lowest BCUT2D eigenvalue weighted by Crippen LogP contribution is -2.23. The van der Waals surface area contributed by atoms with Gasteiger partial charge < -0.3 is 9.84 Å². The maximum absolute atomic E-state index is 12.8. The predicted molar refractivity (Wildman–Crippen MR) is 120 cm³/mol. The van der Waals surface area contributed by atoms with E-state index >= 15 is 0 Å². The van der Waals surface area contributed by atoms with Gasteiger partial charge in [-0.1, -0.05) is 42.4 Å². The van der Waals surface area contributed by atoms with Crippen molar-refractivity contribution in [3.05, 3.63) is 75.8 Å². The van der Waals surface area contributed by atoms with Crippen molar-refractivity contribution in [3.63, 3.8) is 0 Å². The fourth-order valence-electron chi connectivity index (χ4n) is 3.37. The zero-order valence-corrected chi connectivity index (χ0v) is 17.8. The van der Waals surface area contributed by atoms with Gasteiger partial charge in [-0.05, 0) is 49.1 Å². The molecular weight excluding hydrogens is 392 g/mol. The molecule has 0 bridgehead atoms. The summed E-state index contributed by atoms with van der Waals surface area (Å²) in [6.45, 7) is 6.30. The van der Waals surface area contributed by atoms with Gasteiger partial charge in [-0.2, -0.15) is 0 Å². The molecule has 7 heteroatoms. The maximum atomic E-state index is 12.8. The third kappa shape index (κ3) is 4.26. The molecule has 0 saturated heterocycles. The number of fused-ring (bicyclic) bond motifs is 1. The largest absolute Gasteiger partial charge is 0.348 e. The first kappa shape index (κ1) is 20.5. The van der Waals surface area contributed by atoms with Crippen molar-refractivity contribution in [3.8, 4) is 11.3 Å². The van der Waals surface area contributed by atoms with E-state index in [0.717, 1.165) is 28.8 Å². The summed E-state index contributed by atoms with van der Waals surface area (Å²) >= 11 is 0. The number of carbonyl (C=O) groups excluding carboxylic acids is 1. The number of aryl methyl sites for hydroxylation is 4. The summed E-state index contributed by atoms with van der Waals surface area (Å²) in [5, 5.41) is 6.92. The topological polar surface area (TPSA) is 90.0 Å². The Morgan fingerprint density at radius 1 is 1.10 bits per heavy atom. The summed E-state index contributed by atoms with van der Waals surface area (Å²) in [5.41, 5.74) is 5.76. The van der Waals surface area contributed by atoms with E-state index in [1.165, 1.54) is 16.5 Å². The van der Waals surface area contributed by atoms with Crippen LogP contribution in [-0.2, 0) is 17.8 Å². The molecule has 0 aliphatic heterocycles. The Bertz CT molecular complexity index is 1300. The molecule has 7 nitrogen and oxygen atoms in total. The van der Waals surface area contributed by atoms with Crippen LogP contribution in [0, 0.1) is 13.8 Å². The lowest BCUT2D eigenvalue weighted by atomic mass is 10.1. The minimum atomic E-state index is -0.354. The van der Waals surface area contributed by atoms with E-state index in [-0.39, 0.29) is 30.0 Å². The minimum Gasteiger partial charge on any atom is -0.348 e. The van der Waals surface area contributed by atoms with Gasteiger partial charge in [0.2, 0.25) is 5.91 Å². The number of amides is 1. The molecule has 1 amide bonds. The zero-order chi connectivity index (χ0) is 22.0. The van der Waals surface area contributed by atoms with Gasteiger partial charge in [0.25, 0.3) is 11.1 Å². The molecule has 0 unspecified atom stereocenters. The van der Waals surface area contributed by atoms with Crippen LogP contribution < -0.4 is 10.9 Å². The molecule has 2 heterocycles. The molecule has 2 aromatic carbocycles. The van der Waals surface area contributed by atoms with Crippen LogP contribution >= 0.6 is 0 Å². The van der Waals surface area contributed by atoms with Crippen LogP contribution in [0.15, 0.2) is 58.1 Å². The van der Waals surface area contributed by atoms with Crippen molar-refractivity contribution < 1.29 is 9.32 Å². The van der Waals surface area contributed by atoms with Crippen molar-refractivity contribution in [1.29, 1.82) is 0 Å². The van der Waals surface area contributed by atoms with Gasteiger partial charge >= 0.3 is 0 Å². The van der Waals surface area contributed by atoms with E-state index in [1.807, 2.05) is 56.3 Å². The second-order valence-electron chi connectivity index (χ2n) is 7.60. The van der Waals surface area contributed by atoms with Crippen LogP contribution in [0.1, 0.15) is 30.0 Å². The first-order valence-corrected chi connectivity index (χ1v) is 10.3. The lowest BCUT2D eigenvalue weighted by Gasteiger charge is -2.08. The van der Waals surface area contributed by atoms with Gasteiger partial charge in [0.05, 0.1) is 6.33 Å². The average Bonchev–Trinajstić information content (AvgIpc) is 3.21. The summed E-state index contributed by atoms with van der Waals surface area (Å²) in [5.74, 6) is -0.176. The maximum Gasteiger partial charge on any atom is 0.299 e. The summed E-state index contributed by atoms with van der Waals surface area (Å²) < 4.78 is 6.68. The van der Waals surface area contributed by atoms with E-state index in [2.05, 4.69) is 22.4 Å². The highest BCUT2D eigenvalue weighted by atomic mass is 16.5. The van der Waals surface area contributed by atoms with E-state index in [4.69, 9.17) is 4.52 Å². The third-order valence-electron chi connectivity index (χ3n) is 5.45. The highest BCUT2D eigenvalue weighted by Crippen LogP contribution is 2.25. The Hall–Kier alpha value is -3.74. The van der Waals surface area contributed by atoms with E-state index in [9.17, 15) is 9.59 Å². The third-order valence-corrected chi connectivity index (χ3v) is 5.45.